The lowest BCUT2D eigenvalue weighted by Crippen LogP contribution is -2.28. The van der Waals surface area contributed by atoms with Crippen molar-refractivity contribution in [2.24, 2.45) is 0 Å². The Morgan fingerprint density at radius 2 is 2.20 bits per heavy atom. The highest BCUT2D eigenvalue weighted by molar-refractivity contribution is 5.28. The lowest BCUT2D eigenvalue weighted by molar-refractivity contribution is 0.390. The minimum Gasteiger partial charge on any atom is -0.502 e. The van der Waals surface area contributed by atoms with Crippen LogP contribution < -0.4 is 10.6 Å². The van der Waals surface area contributed by atoms with Crippen LogP contribution in [0.15, 0.2) is 12.3 Å². The van der Waals surface area contributed by atoms with Crippen LogP contribution in [0.4, 0.5) is 0 Å². The van der Waals surface area contributed by atoms with Gasteiger partial charge in [0.15, 0.2) is 0 Å². The molecule has 0 aliphatic rings. The van der Waals surface area contributed by atoms with Gasteiger partial charge in [-0.15, -0.1) is 0 Å². The number of hydrogen-bond donors (Lipinski definition) is 0. The quantitative estimate of drug-likeness (QED) is 0.745. The summed E-state index contributed by atoms with van der Waals surface area (Å²) in [4.78, 5) is 4.38. The van der Waals surface area contributed by atoms with Crippen molar-refractivity contribution in [3.63, 3.8) is 0 Å². The highest BCUT2D eigenvalue weighted by atomic mass is 16.5. The minimum atomic E-state index is 0.920. The van der Waals surface area contributed by atoms with Crippen LogP contribution >= 0.6 is 0 Å². The number of hydrogen-bond acceptors (Lipinski definition) is 2. The number of rotatable bonds is 4. The molecule has 1 heterocycles. The van der Waals surface area contributed by atoms with Gasteiger partial charge in [-0.1, -0.05) is 26.3 Å². The Morgan fingerprint density at radius 1 is 1.40 bits per heavy atom. The van der Waals surface area contributed by atoms with Crippen LogP contribution in [-0.2, 0) is 11.2 Å². The molecule has 2 nitrogen and oxygen atoms in total. The number of aromatic nitrogens is 1. The lowest BCUT2D eigenvalue weighted by atomic mass is 10.2. The summed E-state index contributed by atoms with van der Waals surface area (Å²) in [5, 5.41) is 2.10. The van der Waals surface area contributed by atoms with Gasteiger partial charge in [0.1, 0.15) is 11.6 Å². The average Bonchev–Trinajstić information content (AvgIpc) is 2.28. The predicted octanol–water partition coefficient (Wildman–Crippen LogP) is 1.61. The van der Waals surface area contributed by atoms with Gasteiger partial charge in [0.2, 0.25) is 0 Å². The molecule has 2 heteroatoms. The maximum absolute atomic E-state index is 5.01. The molecule has 0 aromatic carbocycles. The van der Waals surface area contributed by atoms with E-state index in [1.54, 1.807) is 13.4 Å². The zero-order valence-corrected chi connectivity index (χ0v) is 9.79. The Morgan fingerprint density at radius 3 is 2.80 bits per heavy atom. The molecule has 0 spiro atoms. The van der Waals surface area contributed by atoms with E-state index in [1.807, 2.05) is 6.20 Å². The molecule has 0 atom stereocenters. The number of nitrogens with zero attached hydrogens (tertiary/aromatic N) is 1. The highest BCUT2D eigenvalue weighted by Crippen LogP contribution is 1.91. The van der Waals surface area contributed by atoms with Crippen molar-refractivity contribution >= 4 is 12.3 Å². The monoisotopic (exact) mass is 205 g/mol. The summed E-state index contributed by atoms with van der Waals surface area (Å²) in [5.41, 5.74) is 1.27. The van der Waals surface area contributed by atoms with Crippen LogP contribution in [0.2, 0.25) is 0 Å². The first-order valence-electron chi connectivity index (χ1n) is 5.50. The van der Waals surface area contributed by atoms with Gasteiger partial charge < -0.3 is 4.74 Å². The molecule has 1 rings (SSSR count). The molecule has 0 saturated heterocycles. The second kappa shape index (κ2) is 6.23. The van der Waals surface area contributed by atoms with Gasteiger partial charge in [-0.25, -0.2) is 0 Å². The summed E-state index contributed by atoms with van der Waals surface area (Å²) in [6, 6.07) is 2.19. The van der Waals surface area contributed by atoms with E-state index in [4.69, 9.17) is 4.74 Å². The van der Waals surface area contributed by atoms with E-state index in [-0.39, 0.29) is 0 Å². The van der Waals surface area contributed by atoms with Gasteiger partial charge in [-0.05, 0) is 29.7 Å². The van der Waals surface area contributed by atoms with Gasteiger partial charge >= 0.3 is 0 Å². The van der Waals surface area contributed by atoms with Crippen LogP contribution in [0.25, 0.3) is 12.3 Å². The first-order valence-corrected chi connectivity index (χ1v) is 5.50. The molecular weight excluding hydrogens is 186 g/mol. The number of unbranched alkanes of at least 4 members (excludes halogenated alkanes) is 1. The van der Waals surface area contributed by atoms with E-state index in [9.17, 15) is 0 Å². The molecule has 0 saturated carbocycles. The topological polar surface area (TPSA) is 22.1 Å². The van der Waals surface area contributed by atoms with Crippen molar-refractivity contribution in [3.05, 3.63) is 28.4 Å². The van der Waals surface area contributed by atoms with E-state index in [2.05, 4.69) is 31.0 Å². The number of ether oxygens (including phenoxy) is 1. The molecule has 0 fully saturated rings. The molecule has 0 unspecified atom stereocenters. The summed E-state index contributed by atoms with van der Waals surface area (Å²) < 4.78 is 5.01. The zero-order chi connectivity index (χ0) is 11.1. The van der Waals surface area contributed by atoms with Crippen molar-refractivity contribution < 1.29 is 4.74 Å². The predicted molar refractivity (Wildman–Crippen MR) is 63.7 cm³/mol. The van der Waals surface area contributed by atoms with Gasteiger partial charge in [0.05, 0.1) is 7.11 Å². The number of aryl methyl sites for hydroxylation is 1. The maximum Gasteiger partial charge on any atom is 0.109 e. The van der Waals surface area contributed by atoms with E-state index in [0.29, 0.717) is 0 Å². The fourth-order valence-electron chi connectivity index (χ4n) is 1.40. The fourth-order valence-corrected chi connectivity index (χ4v) is 1.40. The molecular formula is C13H19NO. The molecule has 0 amide bonds. The van der Waals surface area contributed by atoms with Crippen molar-refractivity contribution in [1.29, 1.82) is 0 Å². The van der Waals surface area contributed by atoms with E-state index >= 15 is 0 Å². The Bertz CT molecular complexity index is 409. The average molecular weight is 205 g/mol. The third-order valence-corrected chi connectivity index (χ3v) is 2.30. The summed E-state index contributed by atoms with van der Waals surface area (Å²) in [6.07, 6.45) is 9.08. The molecule has 1 aromatic rings. The summed E-state index contributed by atoms with van der Waals surface area (Å²) >= 11 is 0. The van der Waals surface area contributed by atoms with E-state index < -0.39 is 0 Å². The normalized spacial score (nSPS) is 13.3. The minimum absolute atomic E-state index is 0.920. The standard InChI is InChI=1S/C13H19NO/c1-4-6-7-12-8-11(5-2)9-14-13(12)10-15-3/h7-10H,4-6H2,1-3H3/b12-7+,13-10+. The van der Waals surface area contributed by atoms with Crippen LogP contribution in [0, 0.1) is 0 Å². The van der Waals surface area contributed by atoms with Crippen LogP contribution in [0.1, 0.15) is 32.3 Å². The maximum atomic E-state index is 5.01. The fraction of sp³-hybridized carbons (Fsp3) is 0.462. The second-order valence-electron chi connectivity index (χ2n) is 3.52. The number of methoxy groups -OCH3 is 1. The second-order valence-corrected chi connectivity index (χ2v) is 3.52. The Hall–Kier alpha value is -1.31. The summed E-state index contributed by atoms with van der Waals surface area (Å²) in [7, 11) is 1.65. The Balaban J connectivity index is 3.23. The Kier molecular flexibility index (Phi) is 4.88. The third kappa shape index (κ3) is 3.39. The van der Waals surface area contributed by atoms with Crippen molar-refractivity contribution in [1.82, 2.24) is 4.98 Å². The smallest absolute Gasteiger partial charge is 0.109 e. The SMILES string of the molecule is CCC/C=c1\cc(CC)cn\c1=C\OC. The summed E-state index contributed by atoms with van der Waals surface area (Å²) in [6.45, 7) is 4.31. The highest BCUT2D eigenvalue weighted by Gasteiger charge is 1.91. The zero-order valence-electron chi connectivity index (χ0n) is 9.79. The molecule has 1 aromatic heterocycles. The van der Waals surface area contributed by atoms with Gasteiger partial charge in [-0.3, -0.25) is 4.98 Å². The molecule has 15 heavy (non-hydrogen) atoms. The van der Waals surface area contributed by atoms with Gasteiger partial charge in [0.25, 0.3) is 0 Å². The van der Waals surface area contributed by atoms with Crippen molar-refractivity contribution in [2.45, 2.75) is 33.1 Å². The molecule has 0 aliphatic carbocycles. The molecule has 0 N–H and O–H groups in total. The number of pyridine rings is 1. The first kappa shape index (κ1) is 11.8. The first-order chi connectivity index (χ1) is 7.31. The van der Waals surface area contributed by atoms with Crippen molar-refractivity contribution in [2.75, 3.05) is 7.11 Å². The Labute approximate surface area is 91.3 Å². The summed E-state index contributed by atoms with van der Waals surface area (Å²) in [5.74, 6) is 0. The van der Waals surface area contributed by atoms with E-state index in [1.165, 1.54) is 10.8 Å². The van der Waals surface area contributed by atoms with Crippen LogP contribution in [0.3, 0.4) is 0 Å². The molecule has 0 aliphatic heterocycles. The van der Waals surface area contributed by atoms with Crippen LogP contribution in [0.5, 0.6) is 0 Å². The van der Waals surface area contributed by atoms with E-state index in [0.717, 1.165) is 24.6 Å². The lowest BCUT2D eigenvalue weighted by Gasteiger charge is -1.97. The van der Waals surface area contributed by atoms with Gasteiger partial charge in [0, 0.05) is 6.20 Å². The molecule has 0 bridgehead atoms. The van der Waals surface area contributed by atoms with Gasteiger partial charge in [-0.2, -0.15) is 0 Å². The molecule has 82 valence electrons. The molecule has 0 radical (unpaired) electrons. The van der Waals surface area contributed by atoms with Crippen LogP contribution in [-0.4, -0.2) is 12.1 Å². The third-order valence-electron chi connectivity index (χ3n) is 2.30. The largest absolute Gasteiger partial charge is 0.502 e. The van der Waals surface area contributed by atoms with Crippen molar-refractivity contribution in [3.8, 4) is 0 Å².